The quantitative estimate of drug-likeness (QED) is 0.491. The van der Waals surface area contributed by atoms with Crippen molar-refractivity contribution in [1.29, 1.82) is 0 Å². The van der Waals surface area contributed by atoms with Crippen LogP contribution in [0.4, 0.5) is 0 Å². The molecule has 0 bridgehead atoms. The van der Waals surface area contributed by atoms with E-state index in [2.05, 4.69) is 0 Å². The first-order chi connectivity index (χ1) is 11.7. The van der Waals surface area contributed by atoms with Crippen LogP contribution in [0.2, 0.25) is 0 Å². The summed E-state index contributed by atoms with van der Waals surface area (Å²) in [6.07, 6.45) is 8.01. The van der Waals surface area contributed by atoms with Crippen molar-refractivity contribution in [2.75, 3.05) is 6.61 Å². The number of hydrogen-bond donors (Lipinski definition) is 0. The summed E-state index contributed by atoms with van der Waals surface area (Å²) in [6, 6.07) is 15.2. The van der Waals surface area contributed by atoms with Gasteiger partial charge in [0.15, 0.2) is 5.78 Å². The zero-order valence-electron chi connectivity index (χ0n) is 14.5. The third-order valence-corrected chi connectivity index (χ3v) is 4.98. The molecule has 1 aliphatic carbocycles. The molecule has 0 atom stereocenters. The van der Waals surface area contributed by atoms with E-state index in [9.17, 15) is 4.79 Å². The Kier molecular flexibility index (Phi) is 5.68. The van der Waals surface area contributed by atoms with E-state index in [4.69, 9.17) is 4.74 Å². The van der Waals surface area contributed by atoms with Gasteiger partial charge in [-0.2, -0.15) is 0 Å². The number of carbonyl (C=O) groups is 1. The molecule has 126 valence electrons. The molecule has 2 aromatic rings. The Bertz CT molecular complexity index is 670. The van der Waals surface area contributed by atoms with Gasteiger partial charge in [0.25, 0.3) is 0 Å². The van der Waals surface area contributed by atoms with Crippen LogP contribution in [0.25, 0.3) is 0 Å². The van der Waals surface area contributed by atoms with Gasteiger partial charge in [-0.05, 0) is 49.4 Å². The standard InChI is InChI=1S/C22H26O2/c1-17-16-20(24-15-7-10-18-8-5-6-9-18)13-14-21(17)22(23)19-11-3-2-4-12-19/h2-4,11-14,16,18H,5-10,15H2,1H3. The zero-order valence-corrected chi connectivity index (χ0v) is 14.5. The molecule has 1 fully saturated rings. The summed E-state index contributed by atoms with van der Waals surface area (Å²) in [6.45, 7) is 2.74. The van der Waals surface area contributed by atoms with Crippen molar-refractivity contribution in [1.82, 2.24) is 0 Å². The molecule has 0 radical (unpaired) electrons. The lowest BCUT2D eigenvalue weighted by atomic mass is 9.99. The first-order valence-corrected chi connectivity index (χ1v) is 9.07. The maximum atomic E-state index is 12.5. The predicted octanol–water partition coefficient (Wildman–Crippen LogP) is 5.58. The van der Waals surface area contributed by atoms with E-state index in [1.54, 1.807) is 0 Å². The highest BCUT2D eigenvalue weighted by atomic mass is 16.5. The van der Waals surface area contributed by atoms with Crippen LogP contribution in [0.1, 0.15) is 60.0 Å². The number of ether oxygens (including phenoxy) is 1. The third-order valence-electron chi connectivity index (χ3n) is 4.98. The van der Waals surface area contributed by atoms with Crippen LogP contribution in [0.15, 0.2) is 48.5 Å². The Morgan fingerprint density at radius 2 is 1.83 bits per heavy atom. The highest BCUT2D eigenvalue weighted by Crippen LogP contribution is 2.28. The van der Waals surface area contributed by atoms with Gasteiger partial charge in [0, 0.05) is 11.1 Å². The van der Waals surface area contributed by atoms with Crippen LogP contribution in [0, 0.1) is 12.8 Å². The van der Waals surface area contributed by atoms with Crippen LogP contribution < -0.4 is 4.74 Å². The summed E-state index contributed by atoms with van der Waals surface area (Å²) in [4.78, 5) is 12.5. The topological polar surface area (TPSA) is 26.3 Å². The lowest BCUT2D eigenvalue weighted by molar-refractivity contribution is 0.103. The summed E-state index contributed by atoms with van der Waals surface area (Å²) in [5.41, 5.74) is 2.45. The molecule has 2 aromatic carbocycles. The van der Waals surface area contributed by atoms with Gasteiger partial charge < -0.3 is 4.74 Å². The van der Waals surface area contributed by atoms with Crippen LogP contribution in [-0.4, -0.2) is 12.4 Å². The molecule has 0 aliphatic heterocycles. The van der Waals surface area contributed by atoms with Gasteiger partial charge in [-0.15, -0.1) is 0 Å². The summed E-state index contributed by atoms with van der Waals surface area (Å²) in [5, 5.41) is 0. The molecule has 2 heteroatoms. The second-order valence-electron chi connectivity index (χ2n) is 6.81. The Balaban J connectivity index is 1.55. The van der Waals surface area contributed by atoms with Crippen LogP contribution in [-0.2, 0) is 0 Å². The molecule has 1 aliphatic rings. The molecule has 2 nitrogen and oxygen atoms in total. The fourth-order valence-electron chi connectivity index (χ4n) is 3.59. The average molecular weight is 322 g/mol. The first kappa shape index (κ1) is 16.8. The summed E-state index contributed by atoms with van der Waals surface area (Å²) in [7, 11) is 0. The molecule has 0 heterocycles. The Morgan fingerprint density at radius 3 is 2.54 bits per heavy atom. The molecule has 0 aromatic heterocycles. The van der Waals surface area contributed by atoms with E-state index in [0.29, 0.717) is 0 Å². The van der Waals surface area contributed by atoms with Gasteiger partial charge in [0.2, 0.25) is 0 Å². The van der Waals surface area contributed by atoms with Gasteiger partial charge in [-0.25, -0.2) is 0 Å². The van der Waals surface area contributed by atoms with Crippen LogP contribution >= 0.6 is 0 Å². The minimum atomic E-state index is 0.0703. The minimum absolute atomic E-state index is 0.0703. The Hall–Kier alpha value is -2.09. The van der Waals surface area contributed by atoms with Gasteiger partial charge in [0.1, 0.15) is 5.75 Å². The molecule has 0 unspecified atom stereocenters. The van der Waals surface area contributed by atoms with Crippen molar-refractivity contribution < 1.29 is 9.53 Å². The number of hydrogen-bond acceptors (Lipinski definition) is 2. The molecular formula is C22H26O2. The molecule has 1 saturated carbocycles. The molecule has 0 saturated heterocycles. The smallest absolute Gasteiger partial charge is 0.193 e. The lowest BCUT2D eigenvalue weighted by Crippen LogP contribution is -2.05. The molecule has 3 rings (SSSR count). The normalized spacial score (nSPS) is 14.7. The first-order valence-electron chi connectivity index (χ1n) is 9.07. The fraction of sp³-hybridized carbons (Fsp3) is 0.409. The number of aryl methyl sites for hydroxylation is 1. The Labute approximate surface area is 144 Å². The maximum Gasteiger partial charge on any atom is 0.193 e. The highest BCUT2D eigenvalue weighted by Gasteiger charge is 2.14. The Morgan fingerprint density at radius 1 is 1.08 bits per heavy atom. The second-order valence-corrected chi connectivity index (χ2v) is 6.81. The predicted molar refractivity (Wildman–Crippen MR) is 97.7 cm³/mol. The van der Waals surface area contributed by atoms with Crippen molar-refractivity contribution in [2.24, 2.45) is 5.92 Å². The van der Waals surface area contributed by atoms with Crippen molar-refractivity contribution in [2.45, 2.75) is 45.4 Å². The fourth-order valence-corrected chi connectivity index (χ4v) is 3.59. The average Bonchev–Trinajstić information content (AvgIpc) is 3.12. The number of benzene rings is 2. The number of rotatable bonds is 7. The van der Waals surface area contributed by atoms with E-state index in [1.165, 1.54) is 32.1 Å². The molecular weight excluding hydrogens is 296 g/mol. The van der Waals surface area contributed by atoms with Gasteiger partial charge in [-0.3, -0.25) is 4.79 Å². The number of ketones is 1. The van der Waals surface area contributed by atoms with Crippen molar-refractivity contribution >= 4 is 5.78 Å². The zero-order chi connectivity index (χ0) is 16.8. The van der Waals surface area contributed by atoms with E-state index < -0.39 is 0 Å². The molecule has 0 spiro atoms. The van der Waals surface area contributed by atoms with E-state index >= 15 is 0 Å². The molecule has 0 amide bonds. The largest absolute Gasteiger partial charge is 0.494 e. The van der Waals surface area contributed by atoms with Crippen molar-refractivity contribution in [3.05, 3.63) is 65.2 Å². The molecule has 0 N–H and O–H groups in total. The van der Waals surface area contributed by atoms with Crippen molar-refractivity contribution in [3.8, 4) is 5.75 Å². The lowest BCUT2D eigenvalue weighted by Gasteiger charge is -2.11. The maximum absolute atomic E-state index is 12.5. The van der Waals surface area contributed by atoms with E-state index in [0.717, 1.165) is 41.4 Å². The van der Waals surface area contributed by atoms with E-state index in [1.807, 2.05) is 55.5 Å². The van der Waals surface area contributed by atoms with E-state index in [-0.39, 0.29) is 5.78 Å². The monoisotopic (exact) mass is 322 g/mol. The van der Waals surface area contributed by atoms with Gasteiger partial charge >= 0.3 is 0 Å². The number of carbonyl (C=O) groups excluding carboxylic acids is 1. The summed E-state index contributed by atoms with van der Waals surface area (Å²) in [5.74, 6) is 1.85. The second kappa shape index (κ2) is 8.14. The third kappa shape index (κ3) is 4.25. The minimum Gasteiger partial charge on any atom is -0.494 e. The highest BCUT2D eigenvalue weighted by molar-refractivity contribution is 6.09. The van der Waals surface area contributed by atoms with Gasteiger partial charge in [-0.1, -0.05) is 56.0 Å². The van der Waals surface area contributed by atoms with Crippen LogP contribution in [0.5, 0.6) is 5.75 Å². The summed E-state index contributed by atoms with van der Waals surface area (Å²) < 4.78 is 5.88. The van der Waals surface area contributed by atoms with Crippen molar-refractivity contribution in [3.63, 3.8) is 0 Å². The SMILES string of the molecule is Cc1cc(OCCCC2CCCC2)ccc1C(=O)c1ccccc1. The van der Waals surface area contributed by atoms with Crippen LogP contribution in [0.3, 0.4) is 0 Å². The molecule has 24 heavy (non-hydrogen) atoms. The van der Waals surface area contributed by atoms with Gasteiger partial charge in [0.05, 0.1) is 6.61 Å². The summed E-state index contributed by atoms with van der Waals surface area (Å²) >= 11 is 0.